The van der Waals surface area contributed by atoms with Gasteiger partial charge < -0.3 is 5.32 Å². The second-order valence-electron chi connectivity index (χ2n) is 3.88. The monoisotopic (exact) mass is 338 g/mol. The van der Waals surface area contributed by atoms with Crippen molar-refractivity contribution in [1.82, 2.24) is 0 Å². The van der Waals surface area contributed by atoms with E-state index < -0.39 is 11.9 Å². The molecule has 0 aromatic heterocycles. The van der Waals surface area contributed by atoms with Crippen LogP contribution in [0.5, 0.6) is 0 Å². The molecule has 0 saturated carbocycles. The van der Waals surface area contributed by atoms with Gasteiger partial charge in [-0.05, 0) is 42.5 Å². The molecule has 0 aliphatic heterocycles. The van der Waals surface area contributed by atoms with Crippen molar-refractivity contribution in [3.05, 3.63) is 63.3 Å². The van der Waals surface area contributed by atoms with Crippen molar-refractivity contribution in [2.24, 2.45) is 0 Å². The third-order valence-corrected chi connectivity index (χ3v) is 3.30. The van der Waals surface area contributed by atoms with Crippen LogP contribution >= 0.6 is 27.5 Å². The van der Waals surface area contributed by atoms with Gasteiger partial charge in [-0.3, -0.25) is 0 Å². The third-order valence-electron chi connectivity index (χ3n) is 2.55. The Morgan fingerprint density at radius 2 is 1.89 bits per heavy atom. The Hall–Kier alpha value is -1.57. The normalized spacial score (nSPS) is 11.7. The van der Waals surface area contributed by atoms with E-state index in [-0.39, 0.29) is 0 Å². The van der Waals surface area contributed by atoms with Gasteiger partial charge in [-0.1, -0.05) is 27.5 Å². The number of benzene rings is 2. The van der Waals surface area contributed by atoms with Gasteiger partial charge in [0.2, 0.25) is 0 Å². The van der Waals surface area contributed by atoms with Crippen LogP contribution in [0.4, 0.5) is 10.1 Å². The van der Waals surface area contributed by atoms with Gasteiger partial charge in [0.05, 0.1) is 6.07 Å². The first-order valence-corrected chi connectivity index (χ1v) is 6.64. The first kappa shape index (κ1) is 13.9. The lowest BCUT2D eigenvalue weighted by molar-refractivity contribution is 0.607. The number of rotatable bonds is 3. The fraction of sp³-hybridized carbons (Fsp3) is 0.0714. The van der Waals surface area contributed by atoms with Crippen LogP contribution in [0.1, 0.15) is 11.6 Å². The van der Waals surface area contributed by atoms with Gasteiger partial charge in [-0.15, -0.1) is 0 Å². The molecular formula is C14H9BrClFN2. The minimum absolute atomic E-state index is 0.298. The number of halogens is 3. The van der Waals surface area contributed by atoms with E-state index in [0.29, 0.717) is 16.3 Å². The zero-order chi connectivity index (χ0) is 13.8. The van der Waals surface area contributed by atoms with Gasteiger partial charge in [0.1, 0.15) is 11.9 Å². The van der Waals surface area contributed by atoms with Crippen molar-refractivity contribution < 1.29 is 4.39 Å². The van der Waals surface area contributed by atoms with Crippen molar-refractivity contribution >= 4 is 33.2 Å². The van der Waals surface area contributed by atoms with Crippen LogP contribution in [0, 0.1) is 17.1 Å². The molecule has 0 aliphatic rings. The molecule has 0 amide bonds. The van der Waals surface area contributed by atoms with E-state index in [4.69, 9.17) is 11.6 Å². The fourth-order valence-electron chi connectivity index (χ4n) is 1.63. The summed E-state index contributed by atoms with van der Waals surface area (Å²) in [4.78, 5) is 0. The molecular weight excluding hydrogens is 331 g/mol. The van der Waals surface area contributed by atoms with Gasteiger partial charge in [0, 0.05) is 20.7 Å². The quantitative estimate of drug-likeness (QED) is 0.861. The van der Waals surface area contributed by atoms with Gasteiger partial charge in [0.25, 0.3) is 0 Å². The van der Waals surface area contributed by atoms with Crippen LogP contribution in [0.25, 0.3) is 0 Å². The van der Waals surface area contributed by atoms with E-state index in [0.717, 1.165) is 4.47 Å². The van der Waals surface area contributed by atoms with Crippen LogP contribution in [0.15, 0.2) is 46.9 Å². The van der Waals surface area contributed by atoms with E-state index in [2.05, 4.69) is 21.2 Å². The van der Waals surface area contributed by atoms with Crippen molar-refractivity contribution in [2.45, 2.75) is 6.04 Å². The summed E-state index contributed by atoms with van der Waals surface area (Å²) < 4.78 is 14.5. The Labute approximate surface area is 123 Å². The molecule has 2 rings (SSSR count). The first-order chi connectivity index (χ1) is 9.10. The molecule has 2 nitrogen and oxygen atoms in total. The average molecular weight is 340 g/mol. The van der Waals surface area contributed by atoms with E-state index >= 15 is 0 Å². The topological polar surface area (TPSA) is 35.8 Å². The molecule has 19 heavy (non-hydrogen) atoms. The Bertz CT molecular complexity index is 622. The second-order valence-corrected chi connectivity index (χ2v) is 5.23. The van der Waals surface area contributed by atoms with Crippen LogP contribution in [0.2, 0.25) is 5.02 Å². The molecule has 2 aromatic carbocycles. The second kappa shape index (κ2) is 6.05. The van der Waals surface area contributed by atoms with Gasteiger partial charge in [-0.25, -0.2) is 4.39 Å². The minimum Gasteiger partial charge on any atom is -0.366 e. The predicted octanol–water partition coefficient (Wildman–Crippen LogP) is 4.92. The van der Waals surface area contributed by atoms with Gasteiger partial charge in [-0.2, -0.15) is 5.26 Å². The summed E-state index contributed by atoms with van der Waals surface area (Å²) in [5.74, 6) is -0.420. The molecule has 1 atom stereocenters. The van der Waals surface area contributed by atoms with Crippen molar-refractivity contribution in [2.75, 3.05) is 5.32 Å². The smallest absolute Gasteiger partial charge is 0.143 e. The fourth-order valence-corrected chi connectivity index (χ4v) is 2.13. The molecule has 0 saturated heterocycles. The maximum atomic E-state index is 13.7. The Balaban J connectivity index is 2.28. The van der Waals surface area contributed by atoms with Gasteiger partial charge >= 0.3 is 0 Å². The largest absolute Gasteiger partial charge is 0.366 e. The van der Waals surface area contributed by atoms with Crippen LogP contribution in [-0.4, -0.2) is 0 Å². The molecule has 5 heteroatoms. The van der Waals surface area contributed by atoms with E-state index in [1.165, 1.54) is 6.07 Å². The van der Waals surface area contributed by atoms with Crippen LogP contribution in [-0.2, 0) is 0 Å². The number of nitriles is 1. The molecule has 0 bridgehead atoms. The molecule has 1 unspecified atom stereocenters. The lowest BCUT2D eigenvalue weighted by Crippen LogP contribution is -2.10. The summed E-state index contributed by atoms with van der Waals surface area (Å²) in [6.07, 6.45) is 0. The van der Waals surface area contributed by atoms with E-state index in [1.54, 1.807) is 36.4 Å². The average Bonchev–Trinajstić information content (AvgIpc) is 2.41. The minimum atomic E-state index is -0.765. The van der Waals surface area contributed by atoms with Crippen molar-refractivity contribution in [1.29, 1.82) is 5.26 Å². The summed E-state index contributed by atoms with van der Waals surface area (Å²) >= 11 is 9.05. The third kappa shape index (κ3) is 3.46. The highest BCUT2D eigenvalue weighted by molar-refractivity contribution is 9.10. The standard InChI is InChI=1S/C14H9BrClFN2/c15-9-1-6-13(17)12(7-9)14(8-18)19-11-4-2-10(16)3-5-11/h1-7,14,19H. The molecule has 2 aromatic rings. The molecule has 0 spiro atoms. The zero-order valence-corrected chi connectivity index (χ0v) is 12.0. The van der Waals surface area contributed by atoms with E-state index in [9.17, 15) is 9.65 Å². The predicted molar refractivity (Wildman–Crippen MR) is 77.5 cm³/mol. The zero-order valence-electron chi connectivity index (χ0n) is 9.70. The number of nitrogens with one attached hydrogen (secondary N) is 1. The van der Waals surface area contributed by atoms with Gasteiger partial charge in [0.15, 0.2) is 0 Å². The molecule has 0 heterocycles. The summed E-state index contributed by atoms with van der Waals surface area (Å²) in [6.45, 7) is 0. The molecule has 96 valence electrons. The molecule has 0 aliphatic carbocycles. The Morgan fingerprint density at radius 3 is 2.53 bits per heavy atom. The molecule has 1 N–H and O–H groups in total. The SMILES string of the molecule is N#CC(Nc1ccc(Cl)cc1)c1cc(Br)ccc1F. The lowest BCUT2D eigenvalue weighted by Gasteiger charge is -2.14. The number of hydrogen-bond acceptors (Lipinski definition) is 2. The Kier molecular flexibility index (Phi) is 4.41. The lowest BCUT2D eigenvalue weighted by atomic mass is 10.1. The Morgan fingerprint density at radius 1 is 1.21 bits per heavy atom. The molecule has 0 radical (unpaired) electrons. The number of hydrogen-bond donors (Lipinski definition) is 1. The summed E-state index contributed by atoms with van der Waals surface area (Å²) in [7, 11) is 0. The van der Waals surface area contributed by atoms with Crippen LogP contribution in [0.3, 0.4) is 0 Å². The van der Waals surface area contributed by atoms with Crippen molar-refractivity contribution in [3.63, 3.8) is 0 Å². The summed E-state index contributed by atoms with van der Waals surface area (Å²) in [5.41, 5.74) is 1.00. The van der Waals surface area contributed by atoms with E-state index in [1.807, 2.05) is 6.07 Å². The highest BCUT2D eigenvalue weighted by Gasteiger charge is 2.15. The summed E-state index contributed by atoms with van der Waals surface area (Å²) in [5, 5.41) is 12.8. The number of anilines is 1. The molecule has 0 fully saturated rings. The maximum absolute atomic E-state index is 13.7. The highest BCUT2D eigenvalue weighted by atomic mass is 79.9. The maximum Gasteiger partial charge on any atom is 0.143 e. The highest BCUT2D eigenvalue weighted by Crippen LogP contribution is 2.25. The summed E-state index contributed by atoms with van der Waals surface area (Å²) in [6, 6.07) is 12.7. The first-order valence-electron chi connectivity index (χ1n) is 5.47. The van der Waals surface area contributed by atoms with Crippen LogP contribution < -0.4 is 5.32 Å². The number of nitrogens with zero attached hydrogens (tertiary/aromatic N) is 1. The van der Waals surface area contributed by atoms with Crippen molar-refractivity contribution in [3.8, 4) is 6.07 Å².